The Bertz CT molecular complexity index is 758. The van der Waals surface area contributed by atoms with E-state index < -0.39 is 23.2 Å². The number of esters is 1. The second-order valence-corrected chi connectivity index (χ2v) is 9.07. The fourth-order valence-corrected chi connectivity index (χ4v) is 7.41. The van der Waals surface area contributed by atoms with Crippen LogP contribution in [-0.2, 0) is 14.3 Å². The summed E-state index contributed by atoms with van der Waals surface area (Å²) >= 11 is 0. The van der Waals surface area contributed by atoms with Gasteiger partial charge in [-0.15, -0.1) is 0 Å². The third-order valence-corrected chi connectivity index (χ3v) is 8.44. The molecule has 0 unspecified atom stereocenters. The van der Waals surface area contributed by atoms with Crippen molar-refractivity contribution in [1.82, 2.24) is 0 Å². The van der Waals surface area contributed by atoms with E-state index in [0.29, 0.717) is 12.2 Å². The highest BCUT2D eigenvalue weighted by atomic mass is 16.6. The van der Waals surface area contributed by atoms with Crippen LogP contribution in [0, 0.1) is 28.6 Å². The zero-order valence-corrected chi connectivity index (χ0v) is 15.9. The van der Waals surface area contributed by atoms with E-state index in [-0.39, 0.29) is 36.2 Å². The lowest BCUT2D eigenvalue weighted by Gasteiger charge is -2.66. The van der Waals surface area contributed by atoms with Gasteiger partial charge in [0.15, 0.2) is 6.29 Å². The first-order valence-corrected chi connectivity index (χ1v) is 10.1. The minimum absolute atomic E-state index is 0.0467. The first kappa shape index (κ1) is 17.7. The monoisotopic (exact) mass is 376 g/mol. The Hall–Kier alpha value is -1.37. The van der Waals surface area contributed by atoms with Crippen molar-refractivity contribution < 1.29 is 28.9 Å². The van der Waals surface area contributed by atoms with Gasteiger partial charge >= 0.3 is 5.97 Å². The minimum Gasteiger partial charge on any atom is -0.469 e. The first-order chi connectivity index (χ1) is 13.0. The molecule has 1 aromatic heterocycles. The van der Waals surface area contributed by atoms with E-state index in [1.54, 1.807) is 6.26 Å². The van der Waals surface area contributed by atoms with Gasteiger partial charge in [-0.25, -0.2) is 0 Å². The third kappa shape index (κ3) is 1.99. The number of fused-ring (bicyclic) bond motifs is 2. The molecule has 2 N–H and O–H groups in total. The number of aliphatic hydroxyl groups is 2. The Labute approximate surface area is 158 Å². The maximum absolute atomic E-state index is 12.9. The number of rotatable bonds is 1. The highest BCUT2D eigenvalue weighted by molar-refractivity contribution is 5.78. The quantitative estimate of drug-likeness (QED) is 0.733. The molecule has 5 rings (SSSR count). The molecule has 6 heteroatoms. The van der Waals surface area contributed by atoms with E-state index in [9.17, 15) is 15.0 Å². The number of ether oxygens (including phenoxy) is 2. The van der Waals surface area contributed by atoms with Crippen LogP contribution in [0.25, 0.3) is 0 Å². The van der Waals surface area contributed by atoms with Gasteiger partial charge in [0, 0.05) is 11.3 Å². The summed E-state index contributed by atoms with van der Waals surface area (Å²) in [5, 5.41) is 22.4. The maximum atomic E-state index is 12.9. The van der Waals surface area contributed by atoms with Gasteiger partial charge in [0.05, 0.1) is 25.4 Å². The average Bonchev–Trinajstić information content (AvgIpc) is 3.18. The van der Waals surface area contributed by atoms with Crippen LogP contribution in [-0.4, -0.2) is 36.2 Å². The molecule has 6 nitrogen and oxygen atoms in total. The van der Waals surface area contributed by atoms with Crippen molar-refractivity contribution in [3.05, 3.63) is 23.7 Å². The van der Waals surface area contributed by atoms with E-state index in [1.807, 2.05) is 6.07 Å². The van der Waals surface area contributed by atoms with Crippen LogP contribution in [0.5, 0.6) is 0 Å². The molecule has 0 amide bonds. The predicted octanol–water partition coefficient (Wildman–Crippen LogP) is 2.75. The summed E-state index contributed by atoms with van der Waals surface area (Å²) in [6.07, 6.45) is 3.93. The lowest BCUT2D eigenvalue weighted by molar-refractivity contribution is -0.329. The minimum atomic E-state index is -0.980. The van der Waals surface area contributed by atoms with Crippen molar-refractivity contribution in [3.8, 4) is 0 Å². The summed E-state index contributed by atoms with van der Waals surface area (Å²) in [6.45, 7) is 2.38. The molecule has 1 saturated heterocycles. The normalized spacial score (nSPS) is 48.1. The number of hydrogen-bond acceptors (Lipinski definition) is 6. The summed E-state index contributed by atoms with van der Waals surface area (Å²) in [4.78, 5) is 12.9. The Morgan fingerprint density at radius 3 is 2.89 bits per heavy atom. The van der Waals surface area contributed by atoms with Crippen molar-refractivity contribution in [2.24, 2.45) is 28.6 Å². The van der Waals surface area contributed by atoms with Gasteiger partial charge in [-0.05, 0) is 55.1 Å². The predicted molar refractivity (Wildman–Crippen MR) is 94.5 cm³/mol. The standard InChI is InChI=1S/C21H28O6/c1-11-12-4-5-14-20(18(23)25-2)7-3-8-21(14,19(24)27-10-20)15(12)16(22)17-13(11)6-9-26-17/h6,9,11-12,14-16,19,22,24H,3-5,7-8,10H2,1-2H3/t11-,12+,14+,15-,16-,19+,20+,21-/m1/s1. The molecule has 3 aliphatic carbocycles. The van der Waals surface area contributed by atoms with Crippen molar-refractivity contribution in [2.75, 3.05) is 13.7 Å². The fourth-order valence-electron chi connectivity index (χ4n) is 7.41. The first-order valence-electron chi connectivity index (χ1n) is 10.1. The Kier molecular flexibility index (Phi) is 3.81. The van der Waals surface area contributed by atoms with E-state index >= 15 is 0 Å². The molecule has 3 fully saturated rings. The summed E-state index contributed by atoms with van der Waals surface area (Å²) < 4.78 is 16.7. The molecule has 1 aliphatic heterocycles. The number of carbonyl (C=O) groups excluding carboxylic acids is 1. The lowest BCUT2D eigenvalue weighted by Crippen LogP contribution is -2.68. The summed E-state index contributed by atoms with van der Waals surface area (Å²) in [6, 6.07) is 1.95. The van der Waals surface area contributed by atoms with Gasteiger partial charge in [0.2, 0.25) is 0 Å². The highest BCUT2D eigenvalue weighted by Crippen LogP contribution is 2.70. The number of furan rings is 1. The smallest absolute Gasteiger partial charge is 0.314 e. The molecule has 0 spiro atoms. The molecule has 2 heterocycles. The molecule has 2 bridgehead atoms. The number of methoxy groups -OCH3 is 1. The second-order valence-electron chi connectivity index (χ2n) is 9.07. The summed E-state index contributed by atoms with van der Waals surface area (Å²) in [5.74, 6) is 0.612. The van der Waals surface area contributed by atoms with Crippen LogP contribution in [0.3, 0.4) is 0 Å². The summed E-state index contributed by atoms with van der Waals surface area (Å²) in [7, 11) is 1.43. The molecule has 148 valence electrons. The Balaban J connectivity index is 1.67. The van der Waals surface area contributed by atoms with Crippen LogP contribution in [0.1, 0.15) is 62.4 Å². The number of hydrogen-bond donors (Lipinski definition) is 2. The number of carbonyl (C=O) groups is 1. The summed E-state index contributed by atoms with van der Waals surface area (Å²) in [5.41, 5.74) is -0.296. The van der Waals surface area contributed by atoms with Gasteiger partial charge in [-0.3, -0.25) is 4.79 Å². The van der Waals surface area contributed by atoms with Gasteiger partial charge < -0.3 is 24.1 Å². The van der Waals surface area contributed by atoms with Gasteiger partial charge in [0.1, 0.15) is 11.9 Å². The zero-order chi connectivity index (χ0) is 19.0. The van der Waals surface area contributed by atoms with E-state index in [4.69, 9.17) is 13.9 Å². The van der Waals surface area contributed by atoms with Gasteiger partial charge in [0.25, 0.3) is 0 Å². The fraction of sp³-hybridized carbons (Fsp3) is 0.762. The van der Waals surface area contributed by atoms with Crippen molar-refractivity contribution in [2.45, 2.75) is 57.3 Å². The molecule has 8 atom stereocenters. The van der Waals surface area contributed by atoms with Crippen molar-refractivity contribution in [3.63, 3.8) is 0 Å². The topological polar surface area (TPSA) is 89.1 Å². The molecule has 27 heavy (non-hydrogen) atoms. The highest BCUT2D eigenvalue weighted by Gasteiger charge is 2.71. The van der Waals surface area contributed by atoms with Gasteiger partial charge in [-0.2, -0.15) is 0 Å². The molecular formula is C21H28O6. The largest absolute Gasteiger partial charge is 0.469 e. The maximum Gasteiger partial charge on any atom is 0.314 e. The molecule has 2 saturated carbocycles. The second kappa shape index (κ2) is 5.82. The van der Waals surface area contributed by atoms with Gasteiger partial charge in [-0.1, -0.05) is 13.3 Å². The number of aliphatic hydroxyl groups excluding tert-OH is 2. The van der Waals surface area contributed by atoms with E-state index in [2.05, 4.69) is 6.92 Å². The van der Waals surface area contributed by atoms with Crippen LogP contribution in [0.2, 0.25) is 0 Å². The van der Waals surface area contributed by atoms with Crippen molar-refractivity contribution >= 4 is 5.97 Å². The van der Waals surface area contributed by atoms with E-state index in [0.717, 1.165) is 31.2 Å². The Morgan fingerprint density at radius 2 is 2.11 bits per heavy atom. The Morgan fingerprint density at radius 1 is 1.30 bits per heavy atom. The van der Waals surface area contributed by atoms with Crippen LogP contribution >= 0.6 is 0 Å². The van der Waals surface area contributed by atoms with Crippen molar-refractivity contribution in [1.29, 1.82) is 0 Å². The van der Waals surface area contributed by atoms with E-state index in [1.165, 1.54) is 7.11 Å². The van der Waals surface area contributed by atoms with Crippen LogP contribution in [0.15, 0.2) is 16.7 Å². The molecule has 1 aromatic rings. The third-order valence-electron chi connectivity index (χ3n) is 8.44. The SMILES string of the molecule is COC(=O)[C@]12CCC[C@@]3([C@@H]4[C@@H](CC[C@@H]13)[C@@H](C)c1ccoc1[C@@H]4O)[C@@H](O)OC2. The average molecular weight is 376 g/mol. The molecule has 0 radical (unpaired) electrons. The lowest BCUT2D eigenvalue weighted by atomic mass is 9.41. The van der Waals surface area contributed by atoms with Crippen LogP contribution in [0.4, 0.5) is 0 Å². The zero-order valence-electron chi connectivity index (χ0n) is 15.9. The molecular weight excluding hydrogens is 348 g/mol. The molecule has 4 aliphatic rings. The van der Waals surface area contributed by atoms with Crippen LogP contribution < -0.4 is 0 Å². The molecule has 0 aromatic carbocycles.